The highest BCUT2D eigenvalue weighted by atomic mass is 32.2. The summed E-state index contributed by atoms with van der Waals surface area (Å²) < 4.78 is 0. The van der Waals surface area contributed by atoms with Crippen molar-refractivity contribution in [2.75, 3.05) is 5.75 Å². The number of ketones is 1. The number of nitriles is 1. The Bertz CT molecular complexity index is 754. The maximum absolute atomic E-state index is 12.6. The molecule has 0 saturated heterocycles. The Kier molecular flexibility index (Phi) is 3.89. The van der Waals surface area contributed by atoms with E-state index in [0.29, 0.717) is 5.56 Å². The van der Waals surface area contributed by atoms with Gasteiger partial charge in [-0.2, -0.15) is 5.26 Å². The summed E-state index contributed by atoms with van der Waals surface area (Å²) in [5.41, 5.74) is 3.51. The lowest BCUT2D eigenvalue weighted by molar-refractivity contribution is 0.104. The fraction of sp³-hybridized carbons (Fsp3) is 0.111. The van der Waals surface area contributed by atoms with Crippen molar-refractivity contribution in [2.45, 2.75) is 6.42 Å². The molecule has 0 unspecified atom stereocenters. The number of carbonyl (C=O) groups is 1. The second-order valence-corrected chi connectivity index (χ2v) is 5.96. The van der Waals surface area contributed by atoms with E-state index in [1.807, 2.05) is 42.5 Å². The predicted octanol–water partition coefficient (Wildman–Crippen LogP) is 4.07. The largest absolute Gasteiger partial charge is 0.288 e. The SMILES string of the molecule is N#Cc1ccc(C=C2SCCc3ccccc3C2=O)cc1. The van der Waals surface area contributed by atoms with Crippen molar-refractivity contribution in [1.82, 2.24) is 0 Å². The molecule has 0 amide bonds. The van der Waals surface area contributed by atoms with Gasteiger partial charge in [0.25, 0.3) is 0 Å². The maximum atomic E-state index is 12.6. The molecule has 0 saturated carbocycles. The fourth-order valence-electron chi connectivity index (χ4n) is 2.34. The molecule has 1 aliphatic heterocycles. The molecule has 0 aromatic heterocycles. The maximum Gasteiger partial charge on any atom is 0.199 e. The van der Waals surface area contributed by atoms with E-state index in [0.717, 1.165) is 33.8 Å². The van der Waals surface area contributed by atoms with Gasteiger partial charge in [-0.15, -0.1) is 11.8 Å². The van der Waals surface area contributed by atoms with E-state index in [9.17, 15) is 4.79 Å². The van der Waals surface area contributed by atoms with E-state index in [2.05, 4.69) is 6.07 Å². The van der Waals surface area contributed by atoms with Crippen LogP contribution in [0, 0.1) is 11.3 Å². The number of hydrogen-bond acceptors (Lipinski definition) is 3. The number of fused-ring (bicyclic) bond motifs is 1. The van der Waals surface area contributed by atoms with Crippen LogP contribution >= 0.6 is 11.8 Å². The van der Waals surface area contributed by atoms with Crippen LogP contribution in [0.3, 0.4) is 0 Å². The highest BCUT2D eigenvalue weighted by Crippen LogP contribution is 2.30. The molecule has 102 valence electrons. The zero-order valence-corrected chi connectivity index (χ0v) is 12.2. The van der Waals surface area contributed by atoms with Crippen LogP contribution in [-0.2, 0) is 6.42 Å². The number of hydrogen-bond donors (Lipinski definition) is 0. The molecule has 0 radical (unpaired) electrons. The van der Waals surface area contributed by atoms with E-state index in [1.54, 1.807) is 23.9 Å². The van der Waals surface area contributed by atoms with Crippen LogP contribution in [0.1, 0.15) is 27.0 Å². The predicted molar refractivity (Wildman–Crippen MR) is 86.1 cm³/mol. The normalized spacial score (nSPS) is 16.1. The molecule has 2 nitrogen and oxygen atoms in total. The van der Waals surface area contributed by atoms with Crippen LogP contribution in [0.2, 0.25) is 0 Å². The third-order valence-electron chi connectivity index (χ3n) is 3.45. The van der Waals surface area contributed by atoms with Gasteiger partial charge in [0, 0.05) is 11.3 Å². The molecule has 21 heavy (non-hydrogen) atoms. The van der Waals surface area contributed by atoms with Gasteiger partial charge in [0.05, 0.1) is 16.5 Å². The van der Waals surface area contributed by atoms with Crippen molar-refractivity contribution in [3.8, 4) is 6.07 Å². The van der Waals surface area contributed by atoms with Gasteiger partial charge < -0.3 is 0 Å². The zero-order chi connectivity index (χ0) is 14.7. The Labute approximate surface area is 128 Å². The van der Waals surface area contributed by atoms with E-state index >= 15 is 0 Å². The molecule has 3 rings (SSSR count). The lowest BCUT2D eigenvalue weighted by Crippen LogP contribution is -2.01. The Balaban J connectivity index is 1.96. The van der Waals surface area contributed by atoms with Crippen LogP contribution in [-0.4, -0.2) is 11.5 Å². The van der Waals surface area contributed by atoms with Crippen molar-refractivity contribution >= 4 is 23.6 Å². The summed E-state index contributed by atoms with van der Waals surface area (Å²) in [5, 5.41) is 8.81. The number of allylic oxidation sites excluding steroid dienone is 1. The van der Waals surface area contributed by atoms with Crippen molar-refractivity contribution in [2.24, 2.45) is 0 Å². The lowest BCUT2D eigenvalue weighted by Gasteiger charge is -2.04. The first-order valence-electron chi connectivity index (χ1n) is 6.75. The first-order chi connectivity index (χ1) is 10.3. The smallest absolute Gasteiger partial charge is 0.199 e. The van der Waals surface area contributed by atoms with Crippen molar-refractivity contribution in [3.05, 3.63) is 75.7 Å². The Morgan fingerprint density at radius 3 is 2.62 bits per heavy atom. The summed E-state index contributed by atoms with van der Waals surface area (Å²) >= 11 is 1.60. The fourth-order valence-corrected chi connectivity index (χ4v) is 3.34. The molecule has 0 fully saturated rings. The Hall–Kier alpha value is -2.31. The number of rotatable bonds is 1. The van der Waals surface area contributed by atoms with Gasteiger partial charge in [-0.25, -0.2) is 0 Å². The lowest BCUT2D eigenvalue weighted by atomic mass is 10.0. The standard InChI is InChI=1S/C18H13NOS/c19-12-14-7-5-13(6-8-14)11-17-18(20)16-4-2-1-3-15(16)9-10-21-17/h1-8,11H,9-10H2. The minimum absolute atomic E-state index is 0.0949. The molecular formula is C18H13NOS. The van der Waals surface area contributed by atoms with Gasteiger partial charge in [0.2, 0.25) is 0 Å². The van der Waals surface area contributed by atoms with E-state index in [4.69, 9.17) is 5.26 Å². The highest BCUT2D eigenvalue weighted by Gasteiger charge is 2.19. The Morgan fingerprint density at radius 2 is 1.86 bits per heavy atom. The van der Waals surface area contributed by atoms with Crippen molar-refractivity contribution in [3.63, 3.8) is 0 Å². The molecule has 0 bridgehead atoms. The van der Waals surface area contributed by atoms with Crippen LogP contribution in [0.4, 0.5) is 0 Å². The quantitative estimate of drug-likeness (QED) is 0.744. The highest BCUT2D eigenvalue weighted by molar-refractivity contribution is 8.04. The van der Waals surface area contributed by atoms with Gasteiger partial charge in [0.1, 0.15) is 0 Å². The molecule has 0 spiro atoms. The van der Waals surface area contributed by atoms with Crippen LogP contribution in [0.5, 0.6) is 0 Å². The first kappa shape index (κ1) is 13.7. The summed E-state index contributed by atoms with van der Waals surface area (Å²) in [6, 6.07) is 17.2. The number of nitrogens with zero attached hydrogens (tertiary/aromatic N) is 1. The molecule has 1 aliphatic rings. The molecule has 0 aliphatic carbocycles. The summed E-state index contributed by atoms with van der Waals surface area (Å²) in [6.07, 6.45) is 2.83. The molecular weight excluding hydrogens is 278 g/mol. The molecule has 2 aromatic rings. The third kappa shape index (κ3) is 2.91. The Morgan fingerprint density at radius 1 is 1.10 bits per heavy atom. The number of thioether (sulfide) groups is 1. The topological polar surface area (TPSA) is 40.9 Å². The monoisotopic (exact) mass is 291 g/mol. The average molecular weight is 291 g/mol. The van der Waals surface area contributed by atoms with Gasteiger partial charge in [0.15, 0.2) is 5.78 Å². The zero-order valence-electron chi connectivity index (χ0n) is 11.4. The third-order valence-corrected chi connectivity index (χ3v) is 4.47. The van der Waals surface area contributed by atoms with Gasteiger partial charge in [-0.3, -0.25) is 4.79 Å². The summed E-state index contributed by atoms with van der Waals surface area (Å²) in [7, 11) is 0. The van der Waals surface area contributed by atoms with Crippen molar-refractivity contribution in [1.29, 1.82) is 5.26 Å². The van der Waals surface area contributed by atoms with E-state index < -0.39 is 0 Å². The first-order valence-corrected chi connectivity index (χ1v) is 7.74. The molecule has 2 aromatic carbocycles. The molecule has 0 N–H and O–H groups in total. The van der Waals surface area contributed by atoms with Crippen LogP contribution in [0.15, 0.2) is 53.4 Å². The number of carbonyl (C=O) groups excluding carboxylic acids is 1. The second-order valence-electron chi connectivity index (χ2n) is 4.83. The van der Waals surface area contributed by atoms with Gasteiger partial charge in [-0.1, -0.05) is 36.4 Å². The minimum Gasteiger partial charge on any atom is -0.288 e. The summed E-state index contributed by atoms with van der Waals surface area (Å²) in [4.78, 5) is 13.4. The average Bonchev–Trinajstić information content (AvgIpc) is 2.69. The minimum atomic E-state index is 0.0949. The number of benzene rings is 2. The molecule has 0 atom stereocenters. The number of Topliss-reactive ketones (excluding diaryl/α,β-unsaturated/α-hetero) is 1. The van der Waals surface area contributed by atoms with Gasteiger partial charge in [-0.05, 0) is 35.8 Å². The number of aryl methyl sites for hydroxylation is 1. The summed E-state index contributed by atoms with van der Waals surface area (Å²) in [5.74, 6) is 1.00. The van der Waals surface area contributed by atoms with Gasteiger partial charge >= 0.3 is 0 Å². The van der Waals surface area contributed by atoms with E-state index in [1.165, 1.54) is 0 Å². The van der Waals surface area contributed by atoms with Crippen molar-refractivity contribution < 1.29 is 4.79 Å². The second kappa shape index (κ2) is 5.99. The van der Waals surface area contributed by atoms with E-state index in [-0.39, 0.29) is 5.78 Å². The van der Waals surface area contributed by atoms with Crippen LogP contribution in [0.25, 0.3) is 6.08 Å². The van der Waals surface area contributed by atoms with Crippen LogP contribution < -0.4 is 0 Å². The molecule has 3 heteroatoms. The molecule has 1 heterocycles. The summed E-state index contributed by atoms with van der Waals surface area (Å²) in [6.45, 7) is 0.